The summed E-state index contributed by atoms with van der Waals surface area (Å²) in [6.07, 6.45) is 4.12. The van der Waals surface area contributed by atoms with Gasteiger partial charge in [-0.1, -0.05) is 13.3 Å². The molecule has 1 fully saturated rings. The van der Waals surface area contributed by atoms with Crippen molar-refractivity contribution < 1.29 is 14.6 Å². The highest BCUT2D eigenvalue weighted by Gasteiger charge is 2.19. The summed E-state index contributed by atoms with van der Waals surface area (Å²) < 4.78 is 5.67. The molecule has 0 atom stereocenters. The van der Waals surface area contributed by atoms with Gasteiger partial charge in [-0.2, -0.15) is 0 Å². The van der Waals surface area contributed by atoms with Gasteiger partial charge in [0.2, 0.25) is 0 Å². The monoisotopic (exact) mass is 277 g/mol. The average Bonchev–Trinajstić information content (AvgIpc) is 2.41. The normalized spacial score (nSPS) is 15.1. The largest absolute Gasteiger partial charge is 0.492 e. The molecule has 0 aliphatic heterocycles. The predicted octanol–water partition coefficient (Wildman–Crippen LogP) is 2.89. The molecule has 2 rings (SSSR count). The molecule has 1 aliphatic rings. The lowest BCUT2D eigenvalue weighted by Crippen LogP contribution is -2.35. The van der Waals surface area contributed by atoms with E-state index in [4.69, 9.17) is 9.84 Å². The SMILES string of the molecule is CCN(CCOc1ccc(C(=O)O)cc1)CC1CCC1. The van der Waals surface area contributed by atoms with Gasteiger partial charge in [0.15, 0.2) is 0 Å². The van der Waals surface area contributed by atoms with Crippen LogP contribution in [0.15, 0.2) is 24.3 Å². The Hall–Kier alpha value is -1.55. The first kappa shape index (κ1) is 14.9. The minimum absolute atomic E-state index is 0.289. The van der Waals surface area contributed by atoms with Gasteiger partial charge in [-0.05, 0) is 49.6 Å². The molecular weight excluding hydrogens is 254 g/mol. The first-order valence-corrected chi connectivity index (χ1v) is 7.37. The van der Waals surface area contributed by atoms with Gasteiger partial charge in [0.1, 0.15) is 12.4 Å². The highest BCUT2D eigenvalue weighted by atomic mass is 16.5. The first-order chi connectivity index (χ1) is 9.69. The smallest absolute Gasteiger partial charge is 0.335 e. The molecule has 0 radical (unpaired) electrons. The van der Waals surface area contributed by atoms with Crippen LogP contribution in [-0.4, -0.2) is 42.2 Å². The van der Waals surface area contributed by atoms with E-state index in [-0.39, 0.29) is 5.56 Å². The minimum atomic E-state index is -0.908. The van der Waals surface area contributed by atoms with Gasteiger partial charge in [0.25, 0.3) is 0 Å². The summed E-state index contributed by atoms with van der Waals surface area (Å²) in [5.41, 5.74) is 0.289. The molecule has 1 N–H and O–H groups in total. The van der Waals surface area contributed by atoms with Crippen molar-refractivity contribution in [3.05, 3.63) is 29.8 Å². The molecule has 0 amide bonds. The van der Waals surface area contributed by atoms with Crippen LogP contribution in [0.3, 0.4) is 0 Å². The van der Waals surface area contributed by atoms with E-state index < -0.39 is 5.97 Å². The van der Waals surface area contributed by atoms with E-state index in [1.54, 1.807) is 24.3 Å². The third-order valence-corrected chi connectivity index (χ3v) is 3.97. The van der Waals surface area contributed by atoms with E-state index in [0.29, 0.717) is 6.61 Å². The Morgan fingerprint density at radius 1 is 1.35 bits per heavy atom. The van der Waals surface area contributed by atoms with Crippen molar-refractivity contribution >= 4 is 5.97 Å². The predicted molar refractivity (Wildman–Crippen MR) is 78.4 cm³/mol. The lowest BCUT2D eigenvalue weighted by atomic mass is 9.85. The van der Waals surface area contributed by atoms with E-state index in [2.05, 4.69) is 11.8 Å². The van der Waals surface area contributed by atoms with Crippen LogP contribution in [0.2, 0.25) is 0 Å². The van der Waals surface area contributed by atoms with Crippen molar-refractivity contribution in [2.24, 2.45) is 5.92 Å². The lowest BCUT2D eigenvalue weighted by Gasteiger charge is -2.31. The van der Waals surface area contributed by atoms with Gasteiger partial charge in [0.05, 0.1) is 5.56 Å². The zero-order valence-electron chi connectivity index (χ0n) is 12.0. The number of aromatic carboxylic acids is 1. The van der Waals surface area contributed by atoms with Crippen molar-refractivity contribution in [1.82, 2.24) is 4.90 Å². The van der Waals surface area contributed by atoms with Crippen LogP contribution < -0.4 is 4.74 Å². The Labute approximate surface area is 120 Å². The zero-order chi connectivity index (χ0) is 14.4. The molecule has 1 aromatic rings. The summed E-state index contributed by atoms with van der Waals surface area (Å²) in [6, 6.07) is 6.57. The van der Waals surface area contributed by atoms with E-state index >= 15 is 0 Å². The molecule has 0 spiro atoms. The van der Waals surface area contributed by atoms with Gasteiger partial charge in [-0.25, -0.2) is 4.79 Å². The van der Waals surface area contributed by atoms with E-state index in [1.807, 2.05) is 0 Å². The van der Waals surface area contributed by atoms with Crippen LogP contribution in [0.5, 0.6) is 5.75 Å². The molecule has 4 nitrogen and oxygen atoms in total. The standard InChI is InChI=1S/C16H23NO3/c1-2-17(12-13-4-3-5-13)10-11-20-15-8-6-14(7-9-15)16(18)19/h6-9,13H,2-5,10-12H2,1H3,(H,18,19). The van der Waals surface area contributed by atoms with Crippen molar-refractivity contribution in [3.8, 4) is 5.75 Å². The molecular formula is C16H23NO3. The number of carboxylic acids is 1. The number of benzene rings is 1. The van der Waals surface area contributed by atoms with Crippen molar-refractivity contribution in [2.45, 2.75) is 26.2 Å². The maximum atomic E-state index is 10.7. The summed E-state index contributed by atoms with van der Waals surface area (Å²) >= 11 is 0. The number of nitrogens with zero attached hydrogens (tertiary/aromatic N) is 1. The molecule has 0 unspecified atom stereocenters. The summed E-state index contributed by atoms with van der Waals surface area (Å²) in [4.78, 5) is 13.2. The number of rotatable bonds is 8. The topological polar surface area (TPSA) is 49.8 Å². The molecule has 4 heteroatoms. The second-order valence-corrected chi connectivity index (χ2v) is 5.37. The Kier molecular flexibility index (Phi) is 5.41. The quantitative estimate of drug-likeness (QED) is 0.794. The molecule has 0 bridgehead atoms. The van der Waals surface area contributed by atoms with Crippen molar-refractivity contribution in [1.29, 1.82) is 0 Å². The van der Waals surface area contributed by atoms with E-state index in [9.17, 15) is 4.79 Å². The van der Waals surface area contributed by atoms with Crippen molar-refractivity contribution in [2.75, 3.05) is 26.2 Å². The highest BCUT2D eigenvalue weighted by Crippen LogP contribution is 2.26. The fourth-order valence-corrected chi connectivity index (χ4v) is 2.41. The van der Waals surface area contributed by atoms with Crippen LogP contribution in [0.4, 0.5) is 0 Å². The van der Waals surface area contributed by atoms with Gasteiger partial charge in [0, 0.05) is 13.1 Å². The third kappa shape index (κ3) is 4.23. The van der Waals surface area contributed by atoms with Crippen LogP contribution in [0, 0.1) is 5.92 Å². The number of likely N-dealkylation sites (N-methyl/N-ethyl adjacent to an activating group) is 1. The van der Waals surface area contributed by atoms with Gasteiger partial charge in [-0.3, -0.25) is 4.90 Å². The Bertz CT molecular complexity index is 426. The van der Waals surface area contributed by atoms with Crippen LogP contribution in [0.1, 0.15) is 36.5 Å². The molecule has 0 saturated heterocycles. The maximum Gasteiger partial charge on any atom is 0.335 e. The third-order valence-electron chi connectivity index (χ3n) is 3.97. The van der Waals surface area contributed by atoms with Gasteiger partial charge in [-0.15, -0.1) is 0 Å². The summed E-state index contributed by atoms with van der Waals surface area (Å²) in [5, 5.41) is 8.82. The number of carboxylic acid groups (broad SMARTS) is 1. The maximum absolute atomic E-state index is 10.7. The number of hydrogen-bond acceptors (Lipinski definition) is 3. The van der Waals surface area contributed by atoms with Crippen molar-refractivity contribution in [3.63, 3.8) is 0 Å². The molecule has 0 heterocycles. The van der Waals surface area contributed by atoms with Crippen LogP contribution >= 0.6 is 0 Å². The van der Waals surface area contributed by atoms with Crippen LogP contribution in [0.25, 0.3) is 0 Å². The first-order valence-electron chi connectivity index (χ1n) is 7.37. The highest BCUT2D eigenvalue weighted by molar-refractivity contribution is 5.87. The Balaban J connectivity index is 1.72. The molecule has 1 saturated carbocycles. The molecule has 0 aromatic heterocycles. The molecule has 20 heavy (non-hydrogen) atoms. The van der Waals surface area contributed by atoms with Gasteiger partial charge < -0.3 is 9.84 Å². The second-order valence-electron chi connectivity index (χ2n) is 5.37. The van der Waals surface area contributed by atoms with E-state index in [1.165, 1.54) is 25.8 Å². The fourth-order valence-electron chi connectivity index (χ4n) is 2.41. The summed E-state index contributed by atoms with van der Waals surface area (Å²) in [5.74, 6) is 0.703. The molecule has 1 aromatic carbocycles. The van der Waals surface area contributed by atoms with Gasteiger partial charge >= 0.3 is 5.97 Å². The Morgan fingerprint density at radius 3 is 2.55 bits per heavy atom. The second kappa shape index (κ2) is 7.29. The number of ether oxygens (including phenoxy) is 1. The Morgan fingerprint density at radius 2 is 2.05 bits per heavy atom. The van der Waals surface area contributed by atoms with E-state index in [0.717, 1.165) is 24.8 Å². The average molecular weight is 277 g/mol. The zero-order valence-corrected chi connectivity index (χ0v) is 12.0. The molecule has 110 valence electrons. The van der Waals surface area contributed by atoms with Crippen LogP contribution in [-0.2, 0) is 0 Å². The lowest BCUT2D eigenvalue weighted by molar-refractivity contribution is 0.0697. The fraction of sp³-hybridized carbons (Fsp3) is 0.562. The minimum Gasteiger partial charge on any atom is -0.492 e. The number of hydrogen-bond donors (Lipinski definition) is 1. The molecule has 1 aliphatic carbocycles. The summed E-state index contributed by atoms with van der Waals surface area (Å²) in [7, 11) is 0. The number of carbonyl (C=O) groups is 1. The summed E-state index contributed by atoms with van der Waals surface area (Å²) in [6.45, 7) is 5.98.